The number of carbonyl (C=O) groups excluding carboxylic acids is 2. The number of ketones is 1. The van der Waals surface area contributed by atoms with Crippen molar-refractivity contribution in [1.29, 1.82) is 0 Å². The van der Waals surface area contributed by atoms with E-state index >= 15 is 0 Å². The Bertz CT molecular complexity index is 378. The molecule has 0 rings (SSSR count). The zero-order valence-corrected chi connectivity index (χ0v) is 13.9. The van der Waals surface area contributed by atoms with Gasteiger partial charge in [0.25, 0.3) is 0 Å². The molecule has 0 spiro atoms. The molecule has 0 saturated heterocycles. The number of carboxylic acid groups (broad SMARTS) is 2. The summed E-state index contributed by atoms with van der Waals surface area (Å²) in [7, 11) is 0. The maximum Gasteiger partial charge on any atom is 0.320 e. The van der Waals surface area contributed by atoms with Crippen LogP contribution in [0.25, 0.3) is 0 Å². The number of nitrogens with two attached hydrogens (primary N) is 3. The van der Waals surface area contributed by atoms with Gasteiger partial charge >= 0.3 is 11.9 Å². The Balaban J connectivity index is 0. The Morgan fingerprint density at radius 2 is 1.38 bits per heavy atom. The van der Waals surface area contributed by atoms with Crippen LogP contribution in [0.1, 0.15) is 39.0 Å². The average Bonchev–Trinajstić information content (AvgIpc) is 2.51. The molecule has 1 amide bonds. The zero-order valence-electron chi connectivity index (χ0n) is 13.9. The van der Waals surface area contributed by atoms with Crippen molar-refractivity contribution >= 4 is 23.6 Å². The van der Waals surface area contributed by atoms with Crippen LogP contribution in [0.15, 0.2) is 0 Å². The molecule has 10 heteroatoms. The third-order valence-corrected chi connectivity index (χ3v) is 2.85. The molecule has 2 atom stereocenters. The molecule has 0 fully saturated rings. The van der Waals surface area contributed by atoms with Crippen molar-refractivity contribution in [3.63, 3.8) is 0 Å². The van der Waals surface area contributed by atoms with E-state index in [1.165, 1.54) is 0 Å². The highest BCUT2D eigenvalue weighted by Gasteiger charge is 2.13. The van der Waals surface area contributed by atoms with Gasteiger partial charge in [0.15, 0.2) is 0 Å². The van der Waals surface area contributed by atoms with E-state index in [9.17, 15) is 19.2 Å². The van der Waals surface area contributed by atoms with Gasteiger partial charge in [-0.1, -0.05) is 0 Å². The van der Waals surface area contributed by atoms with Crippen LogP contribution >= 0.6 is 0 Å². The van der Waals surface area contributed by atoms with E-state index in [1.54, 1.807) is 6.92 Å². The van der Waals surface area contributed by atoms with E-state index in [0.717, 1.165) is 0 Å². The minimum absolute atomic E-state index is 0.0331. The first-order chi connectivity index (χ1) is 11.1. The molecule has 0 aliphatic heterocycles. The topological polar surface area (TPSA) is 199 Å². The Labute approximate surface area is 140 Å². The standard InChI is InChI=1S/2C7H14N2O3/c1-2-9-6(10)4-3-5(8)7(11)12;8-4-3-5(10)1-2-6(9)7(11)12/h5H,2-4,8H2,1H3,(H,9,10)(H,11,12);6H,1-4,8-9H2,(H,11,12)/t5-;6-/m00/s1. The lowest BCUT2D eigenvalue weighted by Crippen LogP contribution is -2.32. The summed E-state index contributed by atoms with van der Waals surface area (Å²) in [4.78, 5) is 42.1. The highest BCUT2D eigenvalue weighted by Crippen LogP contribution is 1.98. The van der Waals surface area contributed by atoms with Gasteiger partial charge in [0.05, 0.1) is 0 Å². The van der Waals surface area contributed by atoms with Crippen molar-refractivity contribution < 1.29 is 29.4 Å². The van der Waals surface area contributed by atoms with E-state index in [1.807, 2.05) is 0 Å². The average molecular weight is 348 g/mol. The molecule has 140 valence electrons. The van der Waals surface area contributed by atoms with Gasteiger partial charge in [-0.15, -0.1) is 0 Å². The minimum atomic E-state index is -1.07. The molecule has 0 bridgehead atoms. The lowest BCUT2D eigenvalue weighted by molar-refractivity contribution is -0.139. The van der Waals surface area contributed by atoms with E-state index in [2.05, 4.69) is 5.32 Å². The Morgan fingerprint density at radius 3 is 1.75 bits per heavy atom. The predicted octanol–water partition coefficient (Wildman–Crippen LogP) is -1.59. The molecular formula is C14H28N4O6. The van der Waals surface area contributed by atoms with Gasteiger partial charge in [0.2, 0.25) is 5.91 Å². The van der Waals surface area contributed by atoms with Gasteiger partial charge in [-0.25, -0.2) is 0 Å². The lowest BCUT2D eigenvalue weighted by Gasteiger charge is -2.05. The van der Waals surface area contributed by atoms with Crippen LogP contribution in [-0.2, 0) is 19.2 Å². The second-order valence-corrected chi connectivity index (χ2v) is 5.00. The van der Waals surface area contributed by atoms with Crippen LogP contribution in [0.4, 0.5) is 0 Å². The van der Waals surface area contributed by atoms with Crippen molar-refractivity contribution in [2.45, 2.75) is 51.1 Å². The molecule has 0 aromatic heterocycles. The first kappa shape index (κ1) is 24.2. The quantitative estimate of drug-likeness (QED) is 0.255. The maximum absolute atomic E-state index is 10.8. The molecule has 0 aliphatic rings. The molecule has 9 N–H and O–H groups in total. The maximum atomic E-state index is 10.8. The summed E-state index contributed by atoms with van der Waals surface area (Å²) in [5, 5.41) is 19.3. The fourth-order valence-electron chi connectivity index (χ4n) is 1.42. The molecule has 24 heavy (non-hydrogen) atoms. The molecule has 0 radical (unpaired) electrons. The summed E-state index contributed by atoms with van der Waals surface area (Å²) in [6.45, 7) is 2.66. The monoisotopic (exact) mass is 348 g/mol. The summed E-state index contributed by atoms with van der Waals surface area (Å²) in [6.07, 6.45) is 1.04. The van der Waals surface area contributed by atoms with E-state index < -0.39 is 24.0 Å². The van der Waals surface area contributed by atoms with Crippen molar-refractivity contribution in [2.24, 2.45) is 17.2 Å². The summed E-state index contributed by atoms with van der Waals surface area (Å²) < 4.78 is 0. The third kappa shape index (κ3) is 14.9. The molecular weight excluding hydrogens is 320 g/mol. The van der Waals surface area contributed by atoms with Crippen LogP contribution in [0.5, 0.6) is 0 Å². The predicted molar refractivity (Wildman–Crippen MR) is 87.1 cm³/mol. The van der Waals surface area contributed by atoms with Crippen molar-refractivity contribution in [3.05, 3.63) is 0 Å². The highest BCUT2D eigenvalue weighted by molar-refractivity contribution is 5.80. The first-order valence-electron chi connectivity index (χ1n) is 7.60. The number of nitrogens with one attached hydrogen (secondary N) is 1. The van der Waals surface area contributed by atoms with Gasteiger partial charge in [0.1, 0.15) is 17.9 Å². The molecule has 0 unspecified atom stereocenters. The van der Waals surface area contributed by atoms with E-state index in [0.29, 0.717) is 19.5 Å². The van der Waals surface area contributed by atoms with Gasteiger partial charge in [0, 0.05) is 25.8 Å². The molecule has 0 aromatic rings. The van der Waals surface area contributed by atoms with Gasteiger partial charge in [-0.05, 0) is 26.3 Å². The molecule has 0 aromatic carbocycles. The van der Waals surface area contributed by atoms with Gasteiger partial charge in [-0.2, -0.15) is 0 Å². The normalized spacial score (nSPS) is 12.3. The number of carbonyl (C=O) groups is 4. The van der Waals surface area contributed by atoms with E-state index in [-0.39, 0.29) is 37.4 Å². The number of rotatable bonds is 11. The number of hydrogen-bond acceptors (Lipinski definition) is 7. The summed E-state index contributed by atoms with van der Waals surface area (Å²) in [5.74, 6) is -2.33. The lowest BCUT2D eigenvalue weighted by atomic mass is 10.1. The number of Topliss-reactive ketones (excluding diaryl/α,β-unsaturated/α-hetero) is 1. The highest BCUT2D eigenvalue weighted by atomic mass is 16.4. The first-order valence-corrected chi connectivity index (χ1v) is 7.60. The molecule has 0 aliphatic carbocycles. The second kappa shape index (κ2) is 14.5. The Morgan fingerprint density at radius 1 is 0.917 bits per heavy atom. The fraction of sp³-hybridized carbons (Fsp3) is 0.714. The number of carboxylic acids is 2. The summed E-state index contributed by atoms with van der Waals surface area (Å²) >= 11 is 0. The number of aliphatic carboxylic acids is 2. The van der Waals surface area contributed by atoms with Gasteiger partial charge in [-0.3, -0.25) is 19.2 Å². The largest absolute Gasteiger partial charge is 0.480 e. The number of amides is 1. The smallest absolute Gasteiger partial charge is 0.320 e. The summed E-state index contributed by atoms with van der Waals surface area (Å²) in [5.41, 5.74) is 15.5. The molecule has 0 heterocycles. The second-order valence-electron chi connectivity index (χ2n) is 5.00. The fourth-order valence-corrected chi connectivity index (χ4v) is 1.42. The van der Waals surface area contributed by atoms with Crippen LogP contribution < -0.4 is 22.5 Å². The van der Waals surface area contributed by atoms with Crippen molar-refractivity contribution in [3.8, 4) is 0 Å². The van der Waals surface area contributed by atoms with Gasteiger partial charge < -0.3 is 32.7 Å². The third-order valence-electron chi connectivity index (χ3n) is 2.85. The van der Waals surface area contributed by atoms with Crippen LogP contribution in [-0.4, -0.2) is 59.0 Å². The molecule has 10 nitrogen and oxygen atoms in total. The SMILES string of the molecule is CCNC(=O)CC[C@H](N)C(=O)O.NCCC(=O)CC[C@H](N)C(=O)O. The summed E-state index contributed by atoms with van der Waals surface area (Å²) in [6, 6.07) is -1.88. The molecule has 0 saturated carbocycles. The zero-order chi connectivity index (χ0) is 19.1. The minimum Gasteiger partial charge on any atom is -0.480 e. The number of hydrogen-bond donors (Lipinski definition) is 6. The van der Waals surface area contributed by atoms with Crippen molar-refractivity contribution in [2.75, 3.05) is 13.1 Å². The Hall–Kier alpha value is -2.04. The van der Waals surface area contributed by atoms with Crippen LogP contribution in [0, 0.1) is 0 Å². The Kier molecular flexibility index (Phi) is 14.7. The van der Waals surface area contributed by atoms with Crippen LogP contribution in [0.2, 0.25) is 0 Å². The van der Waals surface area contributed by atoms with Crippen LogP contribution in [0.3, 0.4) is 0 Å². The van der Waals surface area contributed by atoms with Crippen molar-refractivity contribution in [1.82, 2.24) is 5.32 Å². The van der Waals surface area contributed by atoms with E-state index in [4.69, 9.17) is 27.4 Å².